The van der Waals surface area contributed by atoms with Crippen molar-refractivity contribution in [1.82, 2.24) is 0 Å². The Kier molecular flexibility index (Phi) is 5.60. The van der Waals surface area contributed by atoms with Crippen molar-refractivity contribution < 1.29 is 19.8 Å². The van der Waals surface area contributed by atoms with Crippen molar-refractivity contribution in [3.05, 3.63) is 0 Å². The summed E-state index contributed by atoms with van der Waals surface area (Å²) < 4.78 is 0. The van der Waals surface area contributed by atoms with Crippen LogP contribution in [0.25, 0.3) is 0 Å². The molecule has 0 aromatic heterocycles. The first-order valence-corrected chi connectivity index (χ1v) is 6.78. The van der Waals surface area contributed by atoms with Crippen LogP contribution in [0.3, 0.4) is 0 Å². The lowest BCUT2D eigenvalue weighted by Crippen LogP contribution is -2.47. The minimum atomic E-state index is -1.51. The van der Waals surface area contributed by atoms with E-state index in [4.69, 9.17) is 21.7 Å². The van der Waals surface area contributed by atoms with Crippen molar-refractivity contribution in [2.45, 2.75) is 36.4 Å². The van der Waals surface area contributed by atoms with E-state index < -0.39 is 21.7 Å². The highest BCUT2D eigenvalue weighted by Gasteiger charge is 2.40. The third kappa shape index (κ3) is 3.55. The summed E-state index contributed by atoms with van der Waals surface area (Å²) in [5, 5.41) is 17.8. The standard InChI is InChI=1S/C8H16N2O4S2/c1-3-7(9,5(11)12)15-16-8(10,4-2)6(13)14/h3-4,9-10H2,1-2H3,(H,11,12)(H,13,14). The van der Waals surface area contributed by atoms with E-state index in [1.165, 1.54) is 0 Å². The molecule has 0 fully saturated rings. The van der Waals surface area contributed by atoms with E-state index >= 15 is 0 Å². The van der Waals surface area contributed by atoms with E-state index in [9.17, 15) is 9.59 Å². The first-order chi connectivity index (χ1) is 7.22. The smallest absolute Gasteiger partial charge is 0.335 e. The first-order valence-electron chi connectivity index (χ1n) is 4.63. The molecule has 0 aromatic rings. The van der Waals surface area contributed by atoms with Gasteiger partial charge in [0.1, 0.15) is 0 Å². The van der Waals surface area contributed by atoms with Crippen LogP contribution < -0.4 is 11.5 Å². The number of hydrogen-bond donors (Lipinski definition) is 4. The maximum absolute atomic E-state index is 10.9. The lowest BCUT2D eigenvalue weighted by molar-refractivity contribution is -0.140. The van der Waals surface area contributed by atoms with Gasteiger partial charge in [-0.1, -0.05) is 35.4 Å². The fourth-order valence-corrected chi connectivity index (χ4v) is 3.34. The van der Waals surface area contributed by atoms with Crippen LogP contribution in [-0.4, -0.2) is 31.9 Å². The molecular weight excluding hydrogens is 252 g/mol. The summed E-state index contributed by atoms with van der Waals surface area (Å²) >= 11 is 0. The Morgan fingerprint density at radius 1 is 1.00 bits per heavy atom. The predicted molar refractivity (Wildman–Crippen MR) is 64.9 cm³/mol. The largest absolute Gasteiger partial charge is 0.479 e. The summed E-state index contributed by atoms with van der Waals surface area (Å²) in [4.78, 5) is 18.7. The predicted octanol–water partition coefficient (Wildman–Crippen LogP) is 0.667. The van der Waals surface area contributed by atoms with Gasteiger partial charge in [-0.15, -0.1) is 0 Å². The zero-order chi connectivity index (χ0) is 13.0. The quantitative estimate of drug-likeness (QED) is 0.392. The van der Waals surface area contributed by atoms with Crippen molar-refractivity contribution in [2.75, 3.05) is 0 Å². The van der Waals surface area contributed by atoms with E-state index in [0.717, 1.165) is 21.6 Å². The van der Waals surface area contributed by atoms with Crippen molar-refractivity contribution in [3.63, 3.8) is 0 Å². The summed E-state index contributed by atoms with van der Waals surface area (Å²) in [6, 6.07) is 0. The molecule has 94 valence electrons. The third-order valence-corrected chi connectivity index (χ3v) is 5.75. The van der Waals surface area contributed by atoms with Crippen LogP contribution in [0.15, 0.2) is 0 Å². The lowest BCUT2D eigenvalue weighted by atomic mass is 10.2. The molecule has 2 atom stereocenters. The molecule has 0 saturated heterocycles. The molecule has 0 spiro atoms. The Morgan fingerprint density at radius 2 is 1.25 bits per heavy atom. The summed E-state index contributed by atoms with van der Waals surface area (Å²) in [7, 11) is 1.56. The molecule has 6 N–H and O–H groups in total. The highest BCUT2D eigenvalue weighted by molar-refractivity contribution is 8.78. The summed E-state index contributed by atoms with van der Waals surface area (Å²) in [6.45, 7) is 3.24. The molecular formula is C8H16N2O4S2. The average Bonchev–Trinajstić information content (AvgIpc) is 2.24. The van der Waals surface area contributed by atoms with Gasteiger partial charge >= 0.3 is 11.9 Å². The fraction of sp³-hybridized carbons (Fsp3) is 0.750. The molecule has 0 radical (unpaired) electrons. The van der Waals surface area contributed by atoms with Crippen LogP contribution in [0.5, 0.6) is 0 Å². The second-order valence-electron chi connectivity index (χ2n) is 3.26. The molecule has 0 aliphatic carbocycles. The second-order valence-corrected chi connectivity index (χ2v) is 6.05. The molecule has 0 rings (SSSR count). The summed E-state index contributed by atoms with van der Waals surface area (Å²) in [6.07, 6.45) is 0.360. The third-order valence-electron chi connectivity index (χ3n) is 2.11. The fourth-order valence-electron chi connectivity index (χ4n) is 0.640. The van der Waals surface area contributed by atoms with Crippen LogP contribution >= 0.6 is 21.6 Å². The van der Waals surface area contributed by atoms with Crippen molar-refractivity contribution in [2.24, 2.45) is 11.5 Å². The number of rotatable bonds is 7. The molecule has 6 nitrogen and oxygen atoms in total. The van der Waals surface area contributed by atoms with Crippen LogP contribution in [0, 0.1) is 0 Å². The normalized spacial score (nSPS) is 18.5. The molecule has 0 aromatic carbocycles. The number of carboxylic acid groups (broad SMARTS) is 2. The van der Waals surface area contributed by atoms with Gasteiger partial charge < -0.3 is 21.7 Å². The van der Waals surface area contributed by atoms with Crippen LogP contribution in [-0.2, 0) is 9.59 Å². The highest BCUT2D eigenvalue weighted by Crippen LogP contribution is 2.42. The van der Waals surface area contributed by atoms with Gasteiger partial charge in [0.25, 0.3) is 0 Å². The molecule has 0 aliphatic rings. The van der Waals surface area contributed by atoms with Gasteiger partial charge in [0, 0.05) is 0 Å². The Labute approximate surface area is 102 Å². The topological polar surface area (TPSA) is 127 Å². The van der Waals surface area contributed by atoms with Gasteiger partial charge in [0.2, 0.25) is 0 Å². The van der Waals surface area contributed by atoms with E-state index in [0.29, 0.717) is 0 Å². The molecule has 0 amide bonds. The van der Waals surface area contributed by atoms with Crippen molar-refractivity contribution in [3.8, 4) is 0 Å². The molecule has 0 aliphatic heterocycles. The minimum Gasteiger partial charge on any atom is -0.479 e. The molecule has 2 unspecified atom stereocenters. The average molecular weight is 268 g/mol. The number of nitrogens with two attached hydrogens (primary N) is 2. The Balaban J connectivity index is 4.64. The van der Waals surface area contributed by atoms with E-state index in [2.05, 4.69) is 0 Å². The Hall–Kier alpha value is -0.440. The van der Waals surface area contributed by atoms with Crippen molar-refractivity contribution in [1.29, 1.82) is 0 Å². The van der Waals surface area contributed by atoms with Crippen molar-refractivity contribution >= 4 is 33.5 Å². The molecule has 0 saturated carbocycles. The van der Waals surface area contributed by atoms with E-state index in [-0.39, 0.29) is 12.8 Å². The van der Waals surface area contributed by atoms with Gasteiger partial charge in [0.15, 0.2) is 9.74 Å². The molecule has 0 bridgehead atoms. The Morgan fingerprint density at radius 3 is 1.38 bits per heavy atom. The van der Waals surface area contributed by atoms with E-state index in [1.807, 2.05) is 0 Å². The van der Waals surface area contributed by atoms with Crippen LogP contribution in [0.2, 0.25) is 0 Å². The number of carboxylic acids is 2. The highest BCUT2D eigenvalue weighted by atomic mass is 33.1. The summed E-state index contributed by atoms with van der Waals surface area (Å²) in [5.74, 6) is -2.37. The second kappa shape index (κ2) is 5.76. The molecule has 0 heterocycles. The number of carbonyl (C=O) groups is 2. The monoisotopic (exact) mass is 268 g/mol. The van der Waals surface area contributed by atoms with E-state index in [1.54, 1.807) is 13.8 Å². The van der Waals surface area contributed by atoms with Gasteiger partial charge in [-0.3, -0.25) is 0 Å². The lowest BCUT2D eigenvalue weighted by Gasteiger charge is -2.27. The van der Waals surface area contributed by atoms with Crippen LogP contribution in [0.1, 0.15) is 26.7 Å². The minimum absolute atomic E-state index is 0.180. The van der Waals surface area contributed by atoms with Gasteiger partial charge in [-0.25, -0.2) is 9.59 Å². The van der Waals surface area contributed by atoms with Crippen LogP contribution in [0.4, 0.5) is 0 Å². The Bertz CT molecular complexity index is 261. The summed E-state index contributed by atoms with van der Waals surface area (Å²) in [5.41, 5.74) is 11.2. The maximum atomic E-state index is 10.9. The van der Waals surface area contributed by atoms with Gasteiger partial charge in [0.05, 0.1) is 0 Å². The van der Waals surface area contributed by atoms with Gasteiger partial charge in [-0.05, 0) is 12.8 Å². The molecule has 8 heteroatoms. The molecule has 16 heavy (non-hydrogen) atoms. The zero-order valence-corrected chi connectivity index (χ0v) is 10.7. The number of aliphatic carboxylic acids is 2. The SMILES string of the molecule is CCC(N)(SSC(N)(CC)C(=O)O)C(=O)O. The number of hydrogen-bond acceptors (Lipinski definition) is 6. The zero-order valence-electron chi connectivity index (χ0n) is 9.10. The maximum Gasteiger partial charge on any atom is 0.335 e. The first kappa shape index (κ1) is 15.6. The van der Waals surface area contributed by atoms with Gasteiger partial charge in [-0.2, -0.15) is 0 Å².